The van der Waals surface area contributed by atoms with Gasteiger partial charge in [0.05, 0.1) is 0 Å². The van der Waals surface area contributed by atoms with E-state index in [-0.39, 0.29) is 11.6 Å². The minimum Gasteiger partial charge on any atom is -0.368 e. The van der Waals surface area contributed by atoms with Gasteiger partial charge in [0.2, 0.25) is 5.91 Å². The number of aromatic amines is 1. The van der Waals surface area contributed by atoms with Crippen LogP contribution in [-0.2, 0) is 11.8 Å². The maximum Gasteiger partial charge on any atom is 0.343 e. The molecule has 2 aliphatic rings. The number of carbonyl (C=O) groups excluding carboxylic acids is 1. The highest BCUT2D eigenvalue weighted by Gasteiger charge is 2.52. The van der Waals surface area contributed by atoms with E-state index in [4.69, 9.17) is 5.73 Å². The number of amides is 1. The highest BCUT2D eigenvalue weighted by Crippen LogP contribution is 2.43. The Hall–Kier alpha value is -1.28. The number of thioether (sulfide) groups is 1. The van der Waals surface area contributed by atoms with Crippen LogP contribution in [0.5, 0.6) is 0 Å². The van der Waals surface area contributed by atoms with Gasteiger partial charge in [-0.2, -0.15) is 0 Å². The van der Waals surface area contributed by atoms with Crippen LogP contribution in [0.3, 0.4) is 0 Å². The molecule has 20 heavy (non-hydrogen) atoms. The van der Waals surface area contributed by atoms with Crippen LogP contribution in [0.25, 0.3) is 0 Å². The number of aromatic nitrogens is 3. The topological polar surface area (TPSA) is 106 Å². The lowest BCUT2D eigenvalue weighted by Gasteiger charge is -2.31. The van der Waals surface area contributed by atoms with E-state index in [9.17, 15) is 9.59 Å². The molecule has 110 valence electrons. The van der Waals surface area contributed by atoms with Crippen molar-refractivity contribution in [3.8, 4) is 0 Å². The van der Waals surface area contributed by atoms with Crippen LogP contribution in [0.15, 0.2) is 9.95 Å². The maximum atomic E-state index is 12.0. The lowest BCUT2D eigenvalue weighted by molar-refractivity contribution is -0.124. The Morgan fingerprint density at radius 3 is 2.70 bits per heavy atom. The van der Waals surface area contributed by atoms with Crippen molar-refractivity contribution < 1.29 is 4.79 Å². The highest BCUT2D eigenvalue weighted by atomic mass is 32.2. The van der Waals surface area contributed by atoms with Crippen molar-refractivity contribution in [2.45, 2.75) is 42.4 Å². The molecule has 8 heteroatoms. The second-order valence-corrected chi connectivity index (χ2v) is 6.63. The molecule has 0 spiro atoms. The number of hydrogen-bond acceptors (Lipinski definition) is 5. The first-order valence-electron chi connectivity index (χ1n) is 6.85. The Morgan fingerprint density at radius 2 is 2.25 bits per heavy atom. The first-order valence-corrected chi connectivity index (χ1v) is 7.83. The molecule has 1 aromatic heterocycles. The predicted molar refractivity (Wildman–Crippen MR) is 75.4 cm³/mol. The molecule has 2 aliphatic carbocycles. The maximum absolute atomic E-state index is 12.0. The Bertz CT molecular complexity index is 575. The normalized spacial score (nSPS) is 21.6. The average molecular weight is 297 g/mol. The van der Waals surface area contributed by atoms with Crippen molar-refractivity contribution >= 4 is 17.7 Å². The molecule has 4 N–H and O–H groups in total. The van der Waals surface area contributed by atoms with Crippen LogP contribution in [0.2, 0.25) is 0 Å². The number of primary amides is 1. The molecule has 2 saturated carbocycles. The molecule has 0 radical (unpaired) electrons. The van der Waals surface area contributed by atoms with Crippen molar-refractivity contribution in [1.82, 2.24) is 20.1 Å². The SMILES string of the molecule is Cn1c(SCC(NC2CC2)(C(N)=O)C2CC2)n[nH]c1=O. The molecular weight excluding hydrogens is 278 g/mol. The molecule has 1 aromatic rings. The van der Waals surface area contributed by atoms with Crippen molar-refractivity contribution in [2.75, 3.05) is 5.75 Å². The van der Waals surface area contributed by atoms with E-state index in [2.05, 4.69) is 15.5 Å². The third-order valence-electron chi connectivity index (χ3n) is 4.02. The van der Waals surface area contributed by atoms with Gasteiger partial charge < -0.3 is 5.73 Å². The minimum atomic E-state index is -0.666. The first-order chi connectivity index (χ1) is 9.53. The van der Waals surface area contributed by atoms with Gasteiger partial charge in [0.15, 0.2) is 5.16 Å². The minimum absolute atomic E-state index is 0.251. The molecule has 3 rings (SSSR count). The van der Waals surface area contributed by atoms with Crippen molar-refractivity contribution in [1.29, 1.82) is 0 Å². The Balaban J connectivity index is 1.77. The van der Waals surface area contributed by atoms with Crippen LogP contribution in [0, 0.1) is 5.92 Å². The number of nitrogens with one attached hydrogen (secondary N) is 2. The number of carbonyl (C=O) groups is 1. The van der Waals surface area contributed by atoms with Crippen LogP contribution < -0.4 is 16.7 Å². The molecule has 2 fully saturated rings. The number of nitrogens with two attached hydrogens (primary N) is 1. The quantitative estimate of drug-likeness (QED) is 0.593. The fourth-order valence-electron chi connectivity index (χ4n) is 2.43. The van der Waals surface area contributed by atoms with Gasteiger partial charge in [0.25, 0.3) is 0 Å². The van der Waals surface area contributed by atoms with Gasteiger partial charge >= 0.3 is 5.69 Å². The molecule has 1 atom stereocenters. The molecule has 1 amide bonds. The number of hydrogen-bond donors (Lipinski definition) is 3. The predicted octanol–water partition coefficient (Wildman–Crippen LogP) is -0.413. The molecule has 0 saturated heterocycles. The standard InChI is InChI=1S/C12H19N5O2S/c1-17-10(19)15-16-11(17)20-6-12(9(13)18,7-2-3-7)14-8-4-5-8/h7-8,14H,2-6H2,1H3,(H2,13,18)(H,15,19). The summed E-state index contributed by atoms with van der Waals surface area (Å²) in [6.45, 7) is 0. The summed E-state index contributed by atoms with van der Waals surface area (Å²) >= 11 is 1.40. The fraction of sp³-hybridized carbons (Fsp3) is 0.750. The number of nitrogens with zero attached hydrogens (tertiary/aromatic N) is 2. The van der Waals surface area contributed by atoms with Crippen molar-refractivity contribution in [2.24, 2.45) is 18.7 Å². The van der Waals surface area contributed by atoms with Crippen molar-refractivity contribution in [3.05, 3.63) is 10.5 Å². The molecule has 0 aliphatic heterocycles. The number of rotatable bonds is 7. The third-order valence-corrected chi connectivity index (χ3v) is 5.24. The van der Waals surface area contributed by atoms with Gasteiger partial charge in [-0.05, 0) is 31.6 Å². The summed E-state index contributed by atoms with van der Waals surface area (Å²) in [5, 5.41) is 10.4. The second kappa shape index (κ2) is 4.92. The summed E-state index contributed by atoms with van der Waals surface area (Å²) in [5.41, 5.74) is 4.77. The number of H-pyrrole nitrogens is 1. The van der Waals surface area contributed by atoms with E-state index in [0.717, 1.165) is 25.7 Å². The van der Waals surface area contributed by atoms with E-state index >= 15 is 0 Å². The molecule has 1 unspecified atom stereocenters. The molecule has 7 nitrogen and oxygen atoms in total. The zero-order valence-corrected chi connectivity index (χ0v) is 12.2. The van der Waals surface area contributed by atoms with Gasteiger partial charge in [0.1, 0.15) is 5.54 Å². The first kappa shape index (κ1) is 13.7. The second-order valence-electron chi connectivity index (χ2n) is 5.69. The van der Waals surface area contributed by atoms with Gasteiger partial charge in [-0.25, -0.2) is 9.89 Å². The molecule has 0 aromatic carbocycles. The lowest BCUT2D eigenvalue weighted by atomic mass is 9.94. The fourth-order valence-corrected chi connectivity index (χ4v) is 3.63. The van der Waals surface area contributed by atoms with Gasteiger partial charge in [0, 0.05) is 18.8 Å². The lowest BCUT2D eigenvalue weighted by Crippen LogP contribution is -2.60. The van der Waals surface area contributed by atoms with E-state index in [0.29, 0.717) is 22.9 Å². The van der Waals surface area contributed by atoms with E-state index in [1.165, 1.54) is 16.3 Å². The highest BCUT2D eigenvalue weighted by molar-refractivity contribution is 7.99. The summed E-state index contributed by atoms with van der Waals surface area (Å²) in [6.07, 6.45) is 4.27. The Morgan fingerprint density at radius 1 is 1.55 bits per heavy atom. The smallest absolute Gasteiger partial charge is 0.343 e. The van der Waals surface area contributed by atoms with Crippen LogP contribution >= 0.6 is 11.8 Å². The Kier molecular flexibility index (Phi) is 3.37. The van der Waals surface area contributed by atoms with Gasteiger partial charge in [-0.3, -0.25) is 14.7 Å². The van der Waals surface area contributed by atoms with Gasteiger partial charge in [-0.15, -0.1) is 5.10 Å². The van der Waals surface area contributed by atoms with Crippen LogP contribution in [-0.4, -0.2) is 38.0 Å². The zero-order valence-electron chi connectivity index (χ0n) is 11.4. The zero-order chi connectivity index (χ0) is 14.3. The summed E-state index contributed by atoms with van der Waals surface area (Å²) in [7, 11) is 1.66. The van der Waals surface area contributed by atoms with Crippen molar-refractivity contribution in [3.63, 3.8) is 0 Å². The van der Waals surface area contributed by atoms with Crippen LogP contribution in [0.1, 0.15) is 25.7 Å². The summed E-state index contributed by atoms with van der Waals surface area (Å²) in [5.74, 6) is 0.533. The molecular formula is C12H19N5O2S. The summed E-state index contributed by atoms with van der Waals surface area (Å²) in [4.78, 5) is 23.4. The van der Waals surface area contributed by atoms with Gasteiger partial charge in [-0.1, -0.05) is 11.8 Å². The van der Waals surface area contributed by atoms with E-state index in [1.807, 2.05) is 0 Å². The Labute approximate surface area is 120 Å². The van der Waals surface area contributed by atoms with Crippen LogP contribution in [0.4, 0.5) is 0 Å². The summed E-state index contributed by atoms with van der Waals surface area (Å²) in [6, 6.07) is 0.409. The largest absolute Gasteiger partial charge is 0.368 e. The average Bonchev–Trinajstić information content (AvgIpc) is 3.29. The molecule has 1 heterocycles. The van der Waals surface area contributed by atoms with E-state index in [1.54, 1.807) is 7.05 Å². The third kappa shape index (κ3) is 2.49. The van der Waals surface area contributed by atoms with E-state index < -0.39 is 5.54 Å². The monoisotopic (exact) mass is 297 g/mol. The molecule has 0 bridgehead atoms. The summed E-state index contributed by atoms with van der Waals surface area (Å²) < 4.78 is 1.44.